The summed E-state index contributed by atoms with van der Waals surface area (Å²) in [6, 6.07) is 7.39. The zero-order valence-corrected chi connectivity index (χ0v) is 16.8. The molecule has 0 bridgehead atoms. The van der Waals surface area contributed by atoms with Gasteiger partial charge in [0.1, 0.15) is 18.3 Å². The van der Waals surface area contributed by atoms with Gasteiger partial charge in [-0.15, -0.1) is 0 Å². The third-order valence-corrected chi connectivity index (χ3v) is 5.60. The molecule has 0 aliphatic carbocycles. The lowest BCUT2D eigenvalue weighted by Gasteiger charge is -2.21. The third-order valence-electron chi connectivity index (χ3n) is 4.88. The number of rotatable bonds is 4. The molecule has 0 amide bonds. The summed E-state index contributed by atoms with van der Waals surface area (Å²) < 4.78 is 7.46. The summed E-state index contributed by atoms with van der Waals surface area (Å²) in [4.78, 5) is 4.65. The highest BCUT2D eigenvalue weighted by molar-refractivity contribution is 6.42. The summed E-state index contributed by atoms with van der Waals surface area (Å²) in [6.45, 7) is 3.54. The first-order valence-electron chi connectivity index (χ1n) is 9.00. The first-order valence-corrected chi connectivity index (χ1v) is 9.75. The third kappa shape index (κ3) is 3.22. The highest BCUT2D eigenvalue weighted by Gasteiger charge is 2.44. The molecule has 28 heavy (non-hydrogen) atoms. The van der Waals surface area contributed by atoms with Gasteiger partial charge in [0.25, 0.3) is 0 Å². The number of aliphatic hydroxyl groups excluding tert-OH is 3. The number of ether oxygens (including phenoxy) is 1. The second-order valence-corrected chi connectivity index (χ2v) is 8.10. The number of hydrogen-bond donors (Lipinski definition) is 4. The number of halogens is 2. The molecule has 4 N–H and O–H groups in total. The van der Waals surface area contributed by atoms with Gasteiger partial charge in [-0.05, 0) is 48.9 Å². The summed E-state index contributed by atoms with van der Waals surface area (Å²) >= 11 is 12.3. The van der Waals surface area contributed by atoms with Gasteiger partial charge in [0.2, 0.25) is 5.95 Å². The van der Waals surface area contributed by atoms with E-state index in [0.717, 1.165) is 10.8 Å². The minimum absolute atomic E-state index is 0.0750. The molecule has 1 fully saturated rings. The van der Waals surface area contributed by atoms with Crippen molar-refractivity contribution in [1.82, 2.24) is 9.55 Å². The molecule has 0 radical (unpaired) electrons. The van der Waals surface area contributed by atoms with Crippen molar-refractivity contribution in [3.63, 3.8) is 0 Å². The van der Waals surface area contributed by atoms with E-state index >= 15 is 0 Å². The first kappa shape index (κ1) is 19.7. The van der Waals surface area contributed by atoms with Crippen LogP contribution < -0.4 is 5.32 Å². The Morgan fingerprint density at radius 2 is 1.75 bits per heavy atom. The predicted molar refractivity (Wildman–Crippen MR) is 109 cm³/mol. The average Bonchev–Trinajstić information content (AvgIpc) is 3.10. The molecule has 150 valence electrons. The monoisotopic (exact) mass is 425 g/mol. The molecule has 2 aromatic carbocycles. The topological polar surface area (TPSA) is 99.8 Å². The van der Waals surface area contributed by atoms with E-state index in [1.807, 2.05) is 26.0 Å². The van der Waals surface area contributed by atoms with Gasteiger partial charge < -0.3 is 25.4 Å². The Morgan fingerprint density at radius 1 is 1.11 bits per heavy atom. The number of imidazole rings is 1. The van der Waals surface area contributed by atoms with Crippen LogP contribution in [0.5, 0.6) is 0 Å². The predicted octanol–water partition coefficient (Wildman–Crippen LogP) is 2.93. The van der Waals surface area contributed by atoms with Gasteiger partial charge in [-0.3, -0.25) is 4.57 Å². The summed E-state index contributed by atoms with van der Waals surface area (Å²) in [6.07, 6.45) is -4.20. The molecule has 0 saturated carbocycles. The zero-order chi connectivity index (χ0) is 20.2. The van der Waals surface area contributed by atoms with Crippen LogP contribution in [0.15, 0.2) is 24.3 Å². The molecule has 2 heterocycles. The number of nitrogens with one attached hydrogen (secondary N) is 1. The fourth-order valence-corrected chi connectivity index (χ4v) is 3.89. The van der Waals surface area contributed by atoms with Crippen molar-refractivity contribution in [2.75, 3.05) is 11.9 Å². The number of fused-ring (bicyclic) bond motifs is 2. The van der Waals surface area contributed by atoms with E-state index in [2.05, 4.69) is 10.3 Å². The van der Waals surface area contributed by atoms with Gasteiger partial charge in [-0.2, -0.15) is 0 Å². The van der Waals surface area contributed by atoms with Crippen molar-refractivity contribution in [2.24, 2.45) is 0 Å². The Bertz CT molecular complexity index is 1040. The van der Waals surface area contributed by atoms with Gasteiger partial charge >= 0.3 is 0 Å². The highest BCUT2D eigenvalue weighted by Crippen LogP contribution is 2.37. The van der Waals surface area contributed by atoms with Gasteiger partial charge in [-0.1, -0.05) is 23.2 Å². The average molecular weight is 426 g/mol. The molecule has 1 aliphatic rings. The van der Waals surface area contributed by atoms with Crippen molar-refractivity contribution in [3.05, 3.63) is 34.3 Å². The number of aliphatic hydroxyl groups is 3. The number of benzene rings is 2. The maximum atomic E-state index is 10.5. The Labute approximate surface area is 171 Å². The largest absolute Gasteiger partial charge is 0.394 e. The lowest BCUT2D eigenvalue weighted by molar-refractivity contribution is -0.0499. The van der Waals surface area contributed by atoms with E-state index in [1.165, 1.54) is 0 Å². The Kier molecular flexibility index (Phi) is 5.16. The van der Waals surface area contributed by atoms with Crippen LogP contribution in [0.2, 0.25) is 10.0 Å². The van der Waals surface area contributed by atoms with Crippen LogP contribution in [0.25, 0.3) is 21.8 Å². The molecule has 7 nitrogen and oxygen atoms in total. The lowest BCUT2D eigenvalue weighted by atomic mass is 10.1. The fraction of sp³-hybridized carbons (Fsp3) is 0.421. The summed E-state index contributed by atoms with van der Waals surface area (Å²) in [5.41, 5.74) is 1.37. The molecular formula is C19H21Cl2N3O4. The molecule has 0 unspecified atom stereocenters. The molecule has 4 rings (SSSR count). The van der Waals surface area contributed by atoms with Crippen LogP contribution in [-0.4, -0.2) is 55.8 Å². The van der Waals surface area contributed by atoms with E-state index in [0.29, 0.717) is 27.0 Å². The van der Waals surface area contributed by atoms with Crippen LogP contribution in [-0.2, 0) is 4.74 Å². The molecule has 1 saturated heterocycles. The molecule has 0 spiro atoms. The second-order valence-electron chi connectivity index (χ2n) is 7.29. The fourth-order valence-electron chi connectivity index (χ4n) is 3.55. The van der Waals surface area contributed by atoms with Gasteiger partial charge in [-0.25, -0.2) is 4.98 Å². The van der Waals surface area contributed by atoms with E-state index in [4.69, 9.17) is 27.9 Å². The number of aromatic nitrogens is 2. The van der Waals surface area contributed by atoms with E-state index in [1.54, 1.807) is 16.7 Å². The maximum absolute atomic E-state index is 10.5. The van der Waals surface area contributed by atoms with Crippen LogP contribution in [0.3, 0.4) is 0 Å². The van der Waals surface area contributed by atoms with Crippen LogP contribution >= 0.6 is 23.2 Å². The van der Waals surface area contributed by atoms with Crippen molar-refractivity contribution in [2.45, 2.75) is 44.4 Å². The van der Waals surface area contributed by atoms with Crippen molar-refractivity contribution in [3.8, 4) is 0 Å². The highest BCUT2D eigenvalue weighted by atomic mass is 35.5. The number of hydrogen-bond acceptors (Lipinski definition) is 6. The first-order chi connectivity index (χ1) is 13.3. The molecule has 3 aromatic rings. The summed E-state index contributed by atoms with van der Waals surface area (Å²) in [5, 5.41) is 36.0. The van der Waals surface area contributed by atoms with Crippen molar-refractivity contribution >= 4 is 51.0 Å². The zero-order valence-electron chi connectivity index (χ0n) is 15.3. The number of anilines is 1. The quantitative estimate of drug-likeness (QED) is 0.512. The van der Waals surface area contributed by atoms with Crippen LogP contribution in [0, 0.1) is 0 Å². The van der Waals surface area contributed by atoms with E-state index < -0.39 is 31.1 Å². The van der Waals surface area contributed by atoms with Gasteiger partial charge in [0, 0.05) is 6.04 Å². The molecule has 1 aromatic heterocycles. The summed E-state index contributed by atoms with van der Waals surface area (Å²) in [5.74, 6) is 0.493. The Morgan fingerprint density at radius 3 is 2.32 bits per heavy atom. The number of nitrogens with zero attached hydrogens (tertiary/aromatic N) is 2. The van der Waals surface area contributed by atoms with Crippen LogP contribution in [0.1, 0.15) is 20.1 Å². The van der Waals surface area contributed by atoms with Gasteiger partial charge in [0.05, 0.1) is 27.7 Å². The molecule has 1 aliphatic heterocycles. The Hall–Kier alpha value is -1.61. The summed E-state index contributed by atoms with van der Waals surface area (Å²) in [7, 11) is 0. The van der Waals surface area contributed by atoms with E-state index in [-0.39, 0.29) is 6.04 Å². The van der Waals surface area contributed by atoms with E-state index in [9.17, 15) is 15.3 Å². The molecular weight excluding hydrogens is 405 g/mol. The Balaban J connectivity index is 1.94. The molecule has 9 heteroatoms. The second kappa shape index (κ2) is 7.33. The van der Waals surface area contributed by atoms with Crippen LogP contribution in [0.4, 0.5) is 5.95 Å². The smallest absolute Gasteiger partial charge is 0.206 e. The van der Waals surface area contributed by atoms with Gasteiger partial charge in [0.15, 0.2) is 6.23 Å². The van der Waals surface area contributed by atoms with Crippen molar-refractivity contribution in [1.29, 1.82) is 0 Å². The minimum atomic E-state index is -1.22. The normalized spacial score (nSPS) is 25.3. The SMILES string of the molecule is CC(C)Nc1nc2cc3cc(Cl)c(Cl)cc3cc2n1[C@@H]1O[C@H](CO)[C@@H](O)[C@H]1O. The standard InChI is InChI=1S/C19H21Cl2N3O4/c1-8(2)22-19-23-13-5-9-3-11(20)12(21)4-10(9)6-14(13)24(19)18-17(27)16(26)15(7-25)28-18/h3-6,8,15-18,25-27H,7H2,1-2H3,(H,22,23)/t15-,16-,17-,18-/m1/s1. The minimum Gasteiger partial charge on any atom is -0.394 e. The maximum Gasteiger partial charge on any atom is 0.206 e. The molecule has 4 atom stereocenters. The van der Waals surface area contributed by atoms with Crippen molar-refractivity contribution < 1.29 is 20.1 Å². The lowest BCUT2D eigenvalue weighted by Crippen LogP contribution is -2.33.